The number of hydrogen-bond acceptors (Lipinski definition) is 5. The number of carbonyl (C=O) groups excluding carboxylic acids is 1. The third-order valence-corrected chi connectivity index (χ3v) is 5.00. The minimum Gasteiger partial charge on any atom is -0.478 e. The number of ether oxygens (including phenoxy) is 1. The molecule has 32 heavy (non-hydrogen) atoms. The highest BCUT2D eigenvalue weighted by Gasteiger charge is 2.51. The van der Waals surface area contributed by atoms with Gasteiger partial charge in [-0.15, -0.1) is 0 Å². The van der Waals surface area contributed by atoms with Gasteiger partial charge in [0.2, 0.25) is 5.88 Å². The normalized spacial score (nSPS) is 17.3. The molecule has 3 rings (SSSR count). The van der Waals surface area contributed by atoms with Gasteiger partial charge in [-0.3, -0.25) is 9.80 Å². The number of aromatic carboxylic acids is 1. The summed E-state index contributed by atoms with van der Waals surface area (Å²) in [4.78, 5) is 23.9. The van der Waals surface area contributed by atoms with Crippen molar-refractivity contribution in [3.8, 4) is 5.75 Å². The molecule has 0 spiro atoms. The van der Waals surface area contributed by atoms with Crippen molar-refractivity contribution in [2.75, 3.05) is 7.05 Å². The highest BCUT2D eigenvalue weighted by Crippen LogP contribution is 2.34. The number of hydrogen-bond donors (Lipinski definition) is 3. The summed E-state index contributed by atoms with van der Waals surface area (Å²) in [5.74, 6) is -2.21. The van der Waals surface area contributed by atoms with Crippen LogP contribution in [0.25, 0.3) is 0 Å². The van der Waals surface area contributed by atoms with E-state index in [9.17, 15) is 22.8 Å². The SMILES string of the molecule is C[C@H](NC(=O)C1=C(Oc2ccc(Cl)cc2)N(C)NC1C(F)(F)F)c1ccc(C(=O)O)cc1. The van der Waals surface area contributed by atoms with E-state index in [4.69, 9.17) is 21.4 Å². The van der Waals surface area contributed by atoms with Crippen LogP contribution in [0.1, 0.15) is 28.9 Å². The molecule has 0 saturated heterocycles. The second kappa shape index (κ2) is 9.09. The lowest BCUT2D eigenvalue weighted by Gasteiger charge is -2.20. The molecule has 3 N–H and O–H groups in total. The molecule has 0 aromatic heterocycles. The van der Waals surface area contributed by atoms with Gasteiger partial charge in [0, 0.05) is 12.1 Å². The van der Waals surface area contributed by atoms with Crippen LogP contribution in [0, 0.1) is 0 Å². The number of alkyl halides is 3. The van der Waals surface area contributed by atoms with Gasteiger partial charge in [-0.25, -0.2) is 10.2 Å². The molecule has 0 bridgehead atoms. The molecule has 1 unspecified atom stereocenters. The van der Waals surface area contributed by atoms with E-state index in [-0.39, 0.29) is 17.2 Å². The fourth-order valence-corrected chi connectivity index (χ4v) is 3.22. The molecule has 1 heterocycles. The smallest absolute Gasteiger partial charge is 0.410 e. The number of rotatable bonds is 6. The van der Waals surface area contributed by atoms with Crippen molar-refractivity contribution >= 4 is 23.5 Å². The van der Waals surface area contributed by atoms with E-state index < -0.39 is 35.7 Å². The third kappa shape index (κ3) is 5.14. The van der Waals surface area contributed by atoms with Crippen LogP contribution in [-0.4, -0.2) is 41.3 Å². The molecule has 1 aliphatic rings. The Bertz CT molecular complexity index is 1040. The third-order valence-electron chi connectivity index (χ3n) is 4.75. The number of nitrogens with one attached hydrogen (secondary N) is 2. The first-order valence-electron chi connectivity index (χ1n) is 9.35. The molecule has 1 amide bonds. The Labute approximate surface area is 186 Å². The van der Waals surface area contributed by atoms with Gasteiger partial charge in [-0.2, -0.15) is 13.2 Å². The monoisotopic (exact) mass is 469 g/mol. The Balaban J connectivity index is 1.90. The predicted octanol–water partition coefficient (Wildman–Crippen LogP) is 3.89. The molecule has 11 heteroatoms. The summed E-state index contributed by atoms with van der Waals surface area (Å²) in [5, 5.41) is 12.9. The summed E-state index contributed by atoms with van der Waals surface area (Å²) in [6.07, 6.45) is -4.77. The Hall–Kier alpha value is -3.24. The minimum atomic E-state index is -4.77. The van der Waals surface area contributed by atoms with E-state index in [1.54, 1.807) is 6.92 Å². The number of carboxylic acid groups (broad SMARTS) is 1. The van der Waals surface area contributed by atoms with Crippen molar-refractivity contribution in [3.63, 3.8) is 0 Å². The average Bonchev–Trinajstić information content (AvgIpc) is 3.06. The van der Waals surface area contributed by atoms with Crippen molar-refractivity contribution in [2.45, 2.75) is 25.2 Å². The predicted molar refractivity (Wildman–Crippen MR) is 110 cm³/mol. The largest absolute Gasteiger partial charge is 0.478 e. The van der Waals surface area contributed by atoms with E-state index in [1.807, 2.05) is 0 Å². The molecule has 0 fully saturated rings. The van der Waals surface area contributed by atoms with Crippen molar-refractivity contribution < 1.29 is 32.6 Å². The first-order chi connectivity index (χ1) is 15.0. The number of carbonyl (C=O) groups is 2. The van der Waals surface area contributed by atoms with Crippen molar-refractivity contribution in [1.82, 2.24) is 15.8 Å². The summed E-state index contributed by atoms with van der Waals surface area (Å²) in [6.45, 7) is 1.57. The maximum atomic E-state index is 13.7. The molecule has 0 radical (unpaired) electrons. The number of carboxylic acids is 1. The minimum absolute atomic E-state index is 0.0485. The van der Waals surface area contributed by atoms with Crippen LogP contribution < -0.4 is 15.5 Å². The Morgan fingerprint density at radius 2 is 1.75 bits per heavy atom. The van der Waals surface area contributed by atoms with Crippen LogP contribution >= 0.6 is 11.6 Å². The second-order valence-corrected chi connectivity index (χ2v) is 7.50. The van der Waals surface area contributed by atoms with Crippen LogP contribution in [0.5, 0.6) is 5.75 Å². The zero-order valence-electron chi connectivity index (χ0n) is 16.9. The standard InChI is InChI=1S/C21H19ClF3N3O4/c1-11(12-3-5-13(6-4-12)20(30)31)26-18(29)16-17(21(23,24)25)27-28(2)19(16)32-15-9-7-14(22)8-10-15/h3-11,17,27H,1-2H3,(H,26,29)(H,30,31)/t11-,17?/m0/s1. The maximum absolute atomic E-state index is 13.7. The number of halogens is 4. The van der Waals surface area contributed by atoms with E-state index in [2.05, 4.69) is 10.7 Å². The van der Waals surface area contributed by atoms with E-state index >= 15 is 0 Å². The molecular formula is C21H19ClF3N3O4. The number of hydrazine groups is 1. The number of nitrogens with zero attached hydrogens (tertiary/aromatic N) is 1. The maximum Gasteiger partial charge on any atom is 0.410 e. The van der Waals surface area contributed by atoms with Gasteiger partial charge >= 0.3 is 12.1 Å². The Morgan fingerprint density at radius 1 is 1.16 bits per heavy atom. The zero-order chi connectivity index (χ0) is 23.6. The van der Waals surface area contributed by atoms with Crippen molar-refractivity contribution in [3.05, 3.63) is 76.1 Å². The van der Waals surface area contributed by atoms with E-state index in [1.165, 1.54) is 55.6 Å². The van der Waals surface area contributed by atoms with Gasteiger partial charge in [0.1, 0.15) is 11.3 Å². The molecule has 0 aliphatic carbocycles. The van der Waals surface area contributed by atoms with Crippen molar-refractivity contribution in [1.29, 1.82) is 0 Å². The highest BCUT2D eigenvalue weighted by atomic mass is 35.5. The van der Waals surface area contributed by atoms with E-state index in [0.29, 0.717) is 10.6 Å². The van der Waals surface area contributed by atoms with Crippen molar-refractivity contribution in [2.24, 2.45) is 0 Å². The Kier molecular flexibility index (Phi) is 6.65. The number of benzene rings is 2. The summed E-state index contributed by atoms with van der Waals surface area (Å²) in [6, 6.07) is 8.61. The average molecular weight is 470 g/mol. The zero-order valence-corrected chi connectivity index (χ0v) is 17.7. The highest BCUT2D eigenvalue weighted by molar-refractivity contribution is 6.30. The van der Waals surface area contributed by atoms with Gasteiger partial charge in [0.25, 0.3) is 5.91 Å². The van der Waals surface area contributed by atoms with Crippen LogP contribution in [0.3, 0.4) is 0 Å². The van der Waals surface area contributed by atoms with Gasteiger partial charge in [-0.1, -0.05) is 23.7 Å². The summed E-state index contributed by atoms with van der Waals surface area (Å²) >= 11 is 5.83. The first kappa shape index (κ1) is 23.4. The fourth-order valence-electron chi connectivity index (χ4n) is 3.10. The molecule has 2 aromatic carbocycles. The summed E-state index contributed by atoms with van der Waals surface area (Å²) in [5.41, 5.74) is 2.13. The lowest BCUT2D eigenvalue weighted by molar-refractivity contribution is -0.154. The molecule has 1 aliphatic heterocycles. The quantitative estimate of drug-likeness (QED) is 0.594. The molecular weight excluding hydrogens is 451 g/mol. The lowest BCUT2D eigenvalue weighted by atomic mass is 10.0. The molecule has 0 saturated carbocycles. The van der Waals surface area contributed by atoms with Crippen LogP contribution in [0.2, 0.25) is 5.02 Å². The van der Waals surface area contributed by atoms with Crippen LogP contribution in [0.4, 0.5) is 13.2 Å². The fraction of sp³-hybridized carbons (Fsp3) is 0.238. The molecule has 7 nitrogen and oxygen atoms in total. The van der Waals surface area contributed by atoms with Gasteiger partial charge in [-0.05, 0) is 48.9 Å². The summed E-state index contributed by atoms with van der Waals surface area (Å²) in [7, 11) is 1.30. The van der Waals surface area contributed by atoms with Gasteiger partial charge in [0.15, 0.2) is 6.04 Å². The second-order valence-electron chi connectivity index (χ2n) is 7.06. The lowest BCUT2D eigenvalue weighted by Crippen LogP contribution is -2.47. The first-order valence-corrected chi connectivity index (χ1v) is 9.73. The van der Waals surface area contributed by atoms with E-state index in [0.717, 1.165) is 5.01 Å². The van der Waals surface area contributed by atoms with Crippen LogP contribution in [-0.2, 0) is 4.79 Å². The van der Waals surface area contributed by atoms with Crippen LogP contribution in [0.15, 0.2) is 60.0 Å². The molecule has 2 atom stereocenters. The van der Waals surface area contributed by atoms with Gasteiger partial charge < -0.3 is 15.2 Å². The summed E-state index contributed by atoms with van der Waals surface area (Å²) < 4.78 is 46.6. The molecule has 2 aromatic rings. The number of amides is 1. The topological polar surface area (TPSA) is 90.9 Å². The molecule has 170 valence electrons. The van der Waals surface area contributed by atoms with Gasteiger partial charge in [0.05, 0.1) is 11.6 Å². The Morgan fingerprint density at radius 3 is 2.28 bits per heavy atom.